The summed E-state index contributed by atoms with van der Waals surface area (Å²) in [6, 6.07) is 4.02. The first-order valence-corrected chi connectivity index (χ1v) is 9.30. The average molecular weight is 392 g/mol. The van der Waals surface area contributed by atoms with Gasteiger partial charge in [0.2, 0.25) is 5.91 Å². The highest BCUT2D eigenvalue weighted by Gasteiger charge is 2.31. The Hall–Kier alpha value is -2.72. The second kappa shape index (κ2) is 8.98. The van der Waals surface area contributed by atoms with Gasteiger partial charge in [-0.3, -0.25) is 24.6 Å². The molecule has 0 aromatic heterocycles. The number of nitrogens with zero attached hydrogens (tertiary/aromatic N) is 3. The second-order valence-corrected chi connectivity index (χ2v) is 6.77. The van der Waals surface area contributed by atoms with Gasteiger partial charge >= 0.3 is 0 Å². The van der Waals surface area contributed by atoms with Crippen molar-refractivity contribution in [1.29, 1.82) is 0 Å². The Kier molecular flexibility index (Phi) is 6.42. The Morgan fingerprint density at radius 2 is 2.11 bits per heavy atom. The molecule has 2 N–H and O–H groups in total. The molecule has 2 heterocycles. The van der Waals surface area contributed by atoms with Crippen molar-refractivity contribution in [1.82, 2.24) is 4.90 Å². The Bertz CT molecular complexity index is 748. The van der Waals surface area contributed by atoms with E-state index in [1.165, 1.54) is 23.1 Å². The van der Waals surface area contributed by atoms with E-state index in [2.05, 4.69) is 0 Å². The summed E-state index contributed by atoms with van der Waals surface area (Å²) in [6.45, 7) is 1.93. The number of piperidine rings is 1. The third-order valence-corrected chi connectivity index (χ3v) is 4.89. The van der Waals surface area contributed by atoms with Gasteiger partial charge in [-0.2, -0.15) is 0 Å². The number of non-ortho nitro benzene ring substituents is 1. The summed E-state index contributed by atoms with van der Waals surface area (Å²) in [4.78, 5) is 38.4. The quantitative estimate of drug-likeness (QED) is 0.410. The third-order valence-electron chi connectivity index (χ3n) is 4.89. The third kappa shape index (κ3) is 4.57. The molecule has 10 nitrogen and oxygen atoms in total. The molecule has 3 rings (SSSR count). The van der Waals surface area contributed by atoms with E-state index in [9.17, 15) is 19.7 Å². The summed E-state index contributed by atoms with van der Waals surface area (Å²) in [5.74, 6) is -0.250. The number of carbonyl (C=O) groups is 2. The first-order chi connectivity index (χ1) is 13.5. The van der Waals surface area contributed by atoms with E-state index in [-0.39, 0.29) is 36.5 Å². The molecule has 0 atom stereocenters. The molecule has 0 radical (unpaired) electrons. The standard InChI is InChI=1S/C18H24N4O6/c19-6-1-9-27-14-4-7-20(8-5-14)17(23)11-21-15-10-13(22(25)26)2-3-16(15)28-12-18(21)24/h2-3,10,14H,1,4-9,11-12,19H2. The highest BCUT2D eigenvalue weighted by atomic mass is 16.6. The highest BCUT2D eigenvalue weighted by Crippen LogP contribution is 2.35. The van der Waals surface area contributed by atoms with Crippen molar-refractivity contribution in [3.05, 3.63) is 28.3 Å². The van der Waals surface area contributed by atoms with Gasteiger partial charge in [-0.25, -0.2) is 0 Å². The second-order valence-electron chi connectivity index (χ2n) is 6.77. The molecule has 0 aliphatic carbocycles. The molecule has 152 valence electrons. The molecule has 0 bridgehead atoms. The Balaban J connectivity index is 1.62. The fourth-order valence-electron chi connectivity index (χ4n) is 3.32. The number of amides is 2. The largest absolute Gasteiger partial charge is 0.482 e. The van der Waals surface area contributed by atoms with Gasteiger partial charge in [0.25, 0.3) is 11.6 Å². The minimum absolute atomic E-state index is 0.115. The van der Waals surface area contributed by atoms with Gasteiger partial charge in [0.05, 0.1) is 16.7 Å². The van der Waals surface area contributed by atoms with E-state index in [0.717, 1.165) is 19.3 Å². The lowest BCUT2D eigenvalue weighted by Crippen LogP contribution is -2.49. The Morgan fingerprint density at radius 1 is 1.36 bits per heavy atom. The van der Waals surface area contributed by atoms with Gasteiger partial charge < -0.3 is 20.1 Å². The number of nitrogens with two attached hydrogens (primary N) is 1. The van der Waals surface area contributed by atoms with E-state index in [1.54, 1.807) is 4.90 Å². The maximum Gasteiger partial charge on any atom is 0.271 e. The zero-order chi connectivity index (χ0) is 20.1. The van der Waals surface area contributed by atoms with Gasteiger partial charge in [0.15, 0.2) is 6.61 Å². The van der Waals surface area contributed by atoms with E-state index in [0.29, 0.717) is 32.0 Å². The van der Waals surface area contributed by atoms with Crippen molar-refractivity contribution in [2.75, 3.05) is 44.3 Å². The van der Waals surface area contributed by atoms with Crippen molar-refractivity contribution in [2.45, 2.75) is 25.4 Å². The fraction of sp³-hybridized carbons (Fsp3) is 0.556. The van der Waals surface area contributed by atoms with E-state index in [1.807, 2.05) is 0 Å². The highest BCUT2D eigenvalue weighted by molar-refractivity contribution is 6.02. The van der Waals surface area contributed by atoms with Crippen LogP contribution in [0.2, 0.25) is 0 Å². The molecule has 28 heavy (non-hydrogen) atoms. The molecule has 0 unspecified atom stereocenters. The minimum atomic E-state index is -0.547. The molecule has 2 aliphatic rings. The summed E-state index contributed by atoms with van der Waals surface area (Å²) >= 11 is 0. The average Bonchev–Trinajstić information content (AvgIpc) is 2.70. The first kappa shape index (κ1) is 20.0. The number of carbonyl (C=O) groups excluding carboxylic acids is 2. The lowest BCUT2D eigenvalue weighted by molar-refractivity contribution is -0.384. The zero-order valence-electron chi connectivity index (χ0n) is 15.5. The fourth-order valence-corrected chi connectivity index (χ4v) is 3.32. The van der Waals surface area contributed by atoms with Crippen LogP contribution in [0.15, 0.2) is 18.2 Å². The summed E-state index contributed by atoms with van der Waals surface area (Å²) in [6.07, 6.45) is 2.39. The summed E-state index contributed by atoms with van der Waals surface area (Å²) < 4.78 is 11.1. The monoisotopic (exact) mass is 392 g/mol. The molecule has 1 aromatic rings. The van der Waals surface area contributed by atoms with Gasteiger partial charge in [-0.05, 0) is 31.9 Å². The molecule has 2 aliphatic heterocycles. The van der Waals surface area contributed by atoms with Crippen molar-refractivity contribution in [3.8, 4) is 5.75 Å². The maximum atomic E-state index is 12.7. The molecule has 10 heteroatoms. The predicted octanol–water partition coefficient (Wildman–Crippen LogP) is 0.677. The predicted molar refractivity (Wildman–Crippen MR) is 100 cm³/mol. The van der Waals surface area contributed by atoms with E-state index >= 15 is 0 Å². The number of fused-ring (bicyclic) bond motifs is 1. The summed E-state index contributed by atoms with van der Waals surface area (Å²) in [5, 5.41) is 11.0. The van der Waals surface area contributed by atoms with Crippen LogP contribution in [0.3, 0.4) is 0 Å². The van der Waals surface area contributed by atoms with Crippen LogP contribution in [0.5, 0.6) is 5.75 Å². The van der Waals surface area contributed by atoms with Gasteiger partial charge in [0, 0.05) is 31.8 Å². The smallest absolute Gasteiger partial charge is 0.271 e. The number of hydrogen-bond acceptors (Lipinski definition) is 7. The lowest BCUT2D eigenvalue weighted by Gasteiger charge is -2.34. The molecule has 0 saturated carbocycles. The Labute approximate surface area is 162 Å². The number of anilines is 1. The van der Waals surface area contributed by atoms with Crippen molar-refractivity contribution in [3.63, 3.8) is 0 Å². The molecule has 2 amide bonds. The van der Waals surface area contributed by atoms with E-state index in [4.69, 9.17) is 15.2 Å². The normalized spacial score (nSPS) is 17.2. The topological polar surface area (TPSA) is 128 Å². The van der Waals surface area contributed by atoms with Gasteiger partial charge in [0.1, 0.15) is 12.3 Å². The SMILES string of the molecule is NCCCOC1CCN(C(=O)CN2C(=O)COc3ccc([N+](=O)[O-])cc32)CC1. The van der Waals surface area contributed by atoms with Crippen LogP contribution >= 0.6 is 0 Å². The number of hydrogen-bond donors (Lipinski definition) is 1. The van der Waals surface area contributed by atoms with Gasteiger partial charge in [-0.15, -0.1) is 0 Å². The van der Waals surface area contributed by atoms with Crippen LogP contribution in [0.4, 0.5) is 11.4 Å². The first-order valence-electron chi connectivity index (χ1n) is 9.30. The van der Waals surface area contributed by atoms with Crippen LogP contribution in [0.1, 0.15) is 19.3 Å². The number of rotatable bonds is 7. The van der Waals surface area contributed by atoms with Crippen LogP contribution < -0.4 is 15.4 Å². The van der Waals surface area contributed by atoms with Crippen molar-refractivity contribution >= 4 is 23.2 Å². The number of nitro groups is 1. The Morgan fingerprint density at radius 3 is 2.79 bits per heavy atom. The van der Waals surface area contributed by atoms with Crippen LogP contribution in [-0.2, 0) is 14.3 Å². The van der Waals surface area contributed by atoms with Crippen molar-refractivity contribution < 1.29 is 24.0 Å². The minimum Gasteiger partial charge on any atom is -0.482 e. The molecule has 1 saturated heterocycles. The summed E-state index contributed by atoms with van der Waals surface area (Å²) in [5.41, 5.74) is 5.54. The molecule has 1 aromatic carbocycles. The number of ether oxygens (including phenoxy) is 2. The molecular formula is C18H24N4O6. The number of likely N-dealkylation sites (tertiary alicyclic amines) is 1. The number of nitro benzene ring substituents is 1. The van der Waals surface area contributed by atoms with Crippen LogP contribution in [-0.4, -0.2) is 67.1 Å². The zero-order valence-corrected chi connectivity index (χ0v) is 15.5. The van der Waals surface area contributed by atoms with Crippen LogP contribution in [0, 0.1) is 10.1 Å². The summed E-state index contributed by atoms with van der Waals surface area (Å²) in [7, 11) is 0. The molecule has 1 fully saturated rings. The van der Waals surface area contributed by atoms with E-state index < -0.39 is 10.8 Å². The van der Waals surface area contributed by atoms with Gasteiger partial charge in [-0.1, -0.05) is 0 Å². The maximum absolute atomic E-state index is 12.7. The number of benzene rings is 1. The molecule has 0 spiro atoms. The van der Waals surface area contributed by atoms with Crippen LogP contribution in [0.25, 0.3) is 0 Å². The van der Waals surface area contributed by atoms with Crippen molar-refractivity contribution in [2.24, 2.45) is 5.73 Å². The molecular weight excluding hydrogens is 368 g/mol. The lowest BCUT2D eigenvalue weighted by atomic mass is 10.1.